The van der Waals surface area contributed by atoms with Gasteiger partial charge in [0.2, 0.25) is 11.8 Å². The van der Waals surface area contributed by atoms with Crippen LogP contribution in [0.5, 0.6) is 0 Å². The number of aromatic nitrogens is 1. The third-order valence-corrected chi connectivity index (χ3v) is 4.53. The molecule has 1 fully saturated rings. The van der Waals surface area contributed by atoms with E-state index in [4.69, 9.17) is 11.6 Å². The number of amides is 2. The van der Waals surface area contributed by atoms with Crippen LogP contribution in [0.3, 0.4) is 0 Å². The van der Waals surface area contributed by atoms with Crippen LogP contribution in [-0.2, 0) is 16.1 Å². The molecule has 1 aromatic carbocycles. The molecule has 2 aromatic rings. The Kier molecular flexibility index (Phi) is 10.2. The van der Waals surface area contributed by atoms with E-state index < -0.39 is 0 Å². The third kappa shape index (κ3) is 6.95. The van der Waals surface area contributed by atoms with Gasteiger partial charge in [-0.25, -0.2) is 0 Å². The molecule has 2 amide bonds. The van der Waals surface area contributed by atoms with Crippen molar-refractivity contribution in [2.45, 2.75) is 13.0 Å². The molecule has 0 bridgehead atoms. The zero-order valence-electron chi connectivity index (χ0n) is 15.1. The number of carbonyl (C=O) groups is 2. The summed E-state index contributed by atoms with van der Waals surface area (Å²) in [5, 5.41) is 6.61. The zero-order chi connectivity index (χ0) is 18.4. The largest absolute Gasteiger partial charge is 0.329 e. The molecular weight excluding hydrogens is 423 g/mol. The minimum atomic E-state index is -0.240. The topological polar surface area (TPSA) is 74.3 Å². The van der Waals surface area contributed by atoms with Gasteiger partial charge in [-0.2, -0.15) is 0 Å². The number of pyridine rings is 1. The smallest absolute Gasteiger partial charge is 0.244 e. The molecule has 6 nitrogen and oxygen atoms in total. The molecule has 1 aliphatic heterocycles. The van der Waals surface area contributed by atoms with Crippen LogP contribution in [0.15, 0.2) is 48.8 Å². The summed E-state index contributed by atoms with van der Waals surface area (Å²) in [5.74, 6) is -0.337. The van der Waals surface area contributed by atoms with Gasteiger partial charge in [-0.1, -0.05) is 17.7 Å². The van der Waals surface area contributed by atoms with Gasteiger partial charge in [0.25, 0.3) is 0 Å². The molecule has 2 N–H and O–H groups in total. The fraction of sp³-hybridized carbons (Fsp3) is 0.316. The summed E-state index contributed by atoms with van der Waals surface area (Å²) in [6.45, 7) is 1.83. The van der Waals surface area contributed by atoms with E-state index in [2.05, 4.69) is 15.6 Å². The summed E-state index contributed by atoms with van der Waals surface area (Å²) >= 11 is 5.86. The Morgan fingerprint density at radius 1 is 1.21 bits per heavy atom. The van der Waals surface area contributed by atoms with E-state index in [1.54, 1.807) is 41.6 Å². The first-order chi connectivity index (χ1) is 12.6. The van der Waals surface area contributed by atoms with Crippen molar-refractivity contribution in [2.75, 3.05) is 25.0 Å². The Bertz CT molecular complexity index is 754. The summed E-state index contributed by atoms with van der Waals surface area (Å²) in [6.07, 6.45) is 4.19. The number of hydrogen-bond donors (Lipinski definition) is 2. The maximum absolute atomic E-state index is 12.9. The molecule has 1 aliphatic rings. The van der Waals surface area contributed by atoms with E-state index in [-0.39, 0.29) is 49.1 Å². The molecule has 0 spiro atoms. The molecule has 9 heteroatoms. The van der Waals surface area contributed by atoms with Gasteiger partial charge in [0, 0.05) is 36.2 Å². The molecule has 0 radical (unpaired) electrons. The molecule has 1 saturated heterocycles. The number of halogens is 3. The lowest BCUT2D eigenvalue weighted by Gasteiger charge is -2.25. The second-order valence-corrected chi connectivity index (χ2v) is 6.74. The molecule has 1 atom stereocenters. The normalized spacial score (nSPS) is 15.1. The minimum Gasteiger partial charge on any atom is -0.329 e. The number of nitrogens with zero attached hydrogens (tertiary/aromatic N) is 2. The predicted molar refractivity (Wildman–Crippen MR) is 115 cm³/mol. The molecule has 0 aliphatic carbocycles. The van der Waals surface area contributed by atoms with Gasteiger partial charge >= 0.3 is 0 Å². The second-order valence-electron chi connectivity index (χ2n) is 6.30. The van der Waals surface area contributed by atoms with Crippen molar-refractivity contribution in [1.29, 1.82) is 0 Å². The van der Waals surface area contributed by atoms with E-state index >= 15 is 0 Å². The van der Waals surface area contributed by atoms with Crippen LogP contribution in [0.25, 0.3) is 0 Å². The molecule has 1 aromatic heterocycles. The van der Waals surface area contributed by atoms with Crippen LogP contribution >= 0.6 is 36.4 Å². The van der Waals surface area contributed by atoms with Gasteiger partial charge in [-0.15, -0.1) is 24.8 Å². The fourth-order valence-corrected chi connectivity index (χ4v) is 3.08. The number of benzene rings is 1. The Morgan fingerprint density at radius 3 is 2.57 bits per heavy atom. The highest BCUT2D eigenvalue weighted by atomic mass is 35.5. The second kappa shape index (κ2) is 11.9. The lowest BCUT2D eigenvalue weighted by atomic mass is 10.1. The van der Waals surface area contributed by atoms with Crippen LogP contribution in [0.2, 0.25) is 5.02 Å². The Balaban J connectivity index is 0.00000196. The molecule has 2 heterocycles. The van der Waals surface area contributed by atoms with Gasteiger partial charge in [0.05, 0.1) is 5.92 Å². The lowest BCUT2D eigenvalue weighted by Crippen LogP contribution is -2.41. The van der Waals surface area contributed by atoms with Crippen LogP contribution in [0, 0.1) is 5.92 Å². The van der Waals surface area contributed by atoms with E-state index in [0.29, 0.717) is 23.8 Å². The lowest BCUT2D eigenvalue weighted by molar-refractivity contribution is -0.138. The molecule has 28 heavy (non-hydrogen) atoms. The Hall–Kier alpha value is -1.86. The van der Waals surface area contributed by atoms with Crippen molar-refractivity contribution in [3.63, 3.8) is 0 Å². The Morgan fingerprint density at radius 2 is 1.96 bits per heavy atom. The van der Waals surface area contributed by atoms with Gasteiger partial charge in [-0.3, -0.25) is 14.6 Å². The van der Waals surface area contributed by atoms with E-state index in [9.17, 15) is 9.59 Å². The highest BCUT2D eigenvalue weighted by Crippen LogP contribution is 2.16. The number of hydrogen-bond acceptors (Lipinski definition) is 4. The van der Waals surface area contributed by atoms with E-state index in [1.807, 2.05) is 12.1 Å². The van der Waals surface area contributed by atoms with Crippen LogP contribution in [0.4, 0.5) is 5.69 Å². The highest BCUT2D eigenvalue weighted by molar-refractivity contribution is 6.30. The molecule has 3 rings (SSSR count). The van der Waals surface area contributed by atoms with Crippen molar-refractivity contribution in [3.05, 3.63) is 59.4 Å². The quantitative estimate of drug-likeness (QED) is 0.716. The maximum Gasteiger partial charge on any atom is 0.244 e. The average molecular weight is 446 g/mol. The number of rotatable bonds is 6. The van der Waals surface area contributed by atoms with Crippen molar-refractivity contribution >= 4 is 53.9 Å². The summed E-state index contributed by atoms with van der Waals surface area (Å²) in [6, 6.07) is 10.6. The number of carbonyl (C=O) groups excluding carboxylic acids is 2. The van der Waals surface area contributed by atoms with E-state index in [0.717, 1.165) is 18.5 Å². The molecule has 152 valence electrons. The van der Waals surface area contributed by atoms with Crippen LogP contribution in [-0.4, -0.2) is 41.3 Å². The first-order valence-corrected chi connectivity index (χ1v) is 8.93. The van der Waals surface area contributed by atoms with Gasteiger partial charge in [0.1, 0.15) is 6.54 Å². The zero-order valence-corrected chi connectivity index (χ0v) is 17.5. The first-order valence-electron chi connectivity index (χ1n) is 8.55. The van der Waals surface area contributed by atoms with Crippen molar-refractivity contribution in [1.82, 2.24) is 15.2 Å². The summed E-state index contributed by atoms with van der Waals surface area (Å²) < 4.78 is 0. The average Bonchev–Trinajstić information content (AvgIpc) is 3.18. The first kappa shape index (κ1) is 24.2. The maximum atomic E-state index is 12.9. The standard InChI is InChI=1S/C19H21ClN4O2.2ClH/c20-16-3-5-17(6-4-16)23-18(25)13-24(12-14-2-1-8-21-10-14)19(26)15-7-9-22-11-15;;/h1-6,8,10,15,22H,7,9,11-13H2,(H,23,25);2*1H. The van der Waals surface area contributed by atoms with Crippen LogP contribution < -0.4 is 10.6 Å². The summed E-state index contributed by atoms with van der Waals surface area (Å²) in [7, 11) is 0. The van der Waals surface area contributed by atoms with Gasteiger partial charge in [0.15, 0.2) is 0 Å². The monoisotopic (exact) mass is 444 g/mol. The minimum absolute atomic E-state index is 0. The predicted octanol–water partition coefficient (Wildman–Crippen LogP) is 3.16. The van der Waals surface area contributed by atoms with Gasteiger partial charge < -0.3 is 15.5 Å². The summed E-state index contributed by atoms with van der Waals surface area (Å²) in [4.78, 5) is 31.0. The number of anilines is 1. The SMILES string of the molecule is Cl.Cl.O=C(CN(Cc1cccnc1)C(=O)C1CCNC1)Nc1ccc(Cl)cc1. The molecule has 1 unspecified atom stereocenters. The van der Waals surface area contributed by atoms with E-state index in [1.165, 1.54) is 0 Å². The van der Waals surface area contributed by atoms with Crippen molar-refractivity contribution in [3.8, 4) is 0 Å². The summed E-state index contributed by atoms with van der Waals surface area (Å²) in [5.41, 5.74) is 1.54. The van der Waals surface area contributed by atoms with Crippen molar-refractivity contribution in [2.24, 2.45) is 5.92 Å². The van der Waals surface area contributed by atoms with Crippen LogP contribution in [0.1, 0.15) is 12.0 Å². The molecular formula is C19H23Cl3N4O2. The third-order valence-electron chi connectivity index (χ3n) is 4.28. The highest BCUT2D eigenvalue weighted by Gasteiger charge is 2.28. The molecule has 0 saturated carbocycles. The fourth-order valence-electron chi connectivity index (χ4n) is 2.95. The van der Waals surface area contributed by atoms with Gasteiger partial charge in [-0.05, 0) is 48.9 Å². The van der Waals surface area contributed by atoms with Crippen molar-refractivity contribution < 1.29 is 9.59 Å². The Labute approximate surface area is 181 Å². The number of nitrogens with one attached hydrogen (secondary N) is 2.